The molecule has 2 aromatic rings. The van der Waals surface area contributed by atoms with E-state index in [0.29, 0.717) is 6.42 Å². The standard InChI is InChI=1S/C14H15ClFNS/c1-14(17,9-12-5-6-13(15)18-12)8-10-3-2-4-11(16)7-10/h2-7H,8-9,17H2,1H3. The molecule has 1 aromatic carbocycles. The van der Waals surface area contributed by atoms with Crippen LogP contribution in [0.4, 0.5) is 4.39 Å². The van der Waals surface area contributed by atoms with Gasteiger partial charge in [-0.3, -0.25) is 0 Å². The molecule has 0 saturated heterocycles. The van der Waals surface area contributed by atoms with Crippen LogP contribution in [0.25, 0.3) is 0 Å². The molecule has 0 aliphatic carbocycles. The number of halogens is 2. The largest absolute Gasteiger partial charge is 0.325 e. The molecule has 1 heterocycles. The monoisotopic (exact) mass is 283 g/mol. The quantitative estimate of drug-likeness (QED) is 0.900. The normalized spacial score (nSPS) is 14.4. The van der Waals surface area contributed by atoms with E-state index in [1.54, 1.807) is 6.07 Å². The van der Waals surface area contributed by atoms with Crippen molar-refractivity contribution in [3.63, 3.8) is 0 Å². The fourth-order valence-corrected chi connectivity index (χ4v) is 3.31. The predicted octanol–water partition coefficient (Wildman–Crippen LogP) is 4.04. The Labute approximate surface area is 115 Å². The van der Waals surface area contributed by atoms with Crippen LogP contribution in [0.15, 0.2) is 36.4 Å². The van der Waals surface area contributed by atoms with E-state index >= 15 is 0 Å². The van der Waals surface area contributed by atoms with Crippen molar-refractivity contribution in [3.05, 3.63) is 57.0 Å². The van der Waals surface area contributed by atoms with Crippen molar-refractivity contribution in [3.8, 4) is 0 Å². The van der Waals surface area contributed by atoms with Crippen LogP contribution in [0.1, 0.15) is 17.4 Å². The van der Waals surface area contributed by atoms with Gasteiger partial charge in [-0.05, 0) is 49.6 Å². The van der Waals surface area contributed by atoms with Gasteiger partial charge in [0.1, 0.15) is 5.82 Å². The molecule has 0 fully saturated rings. The van der Waals surface area contributed by atoms with Gasteiger partial charge >= 0.3 is 0 Å². The van der Waals surface area contributed by atoms with Gasteiger partial charge in [-0.25, -0.2) is 4.39 Å². The van der Waals surface area contributed by atoms with Crippen LogP contribution < -0.4 is 5.73 Å². The SMILES string of the molecule is CC(N)(Cc1cccc(F)c1)Cc1ccc(Cl)s1. The van der Waals surface area contributed by atoms with Crippen LogP contribution in [0.2, 0.25) is 4.34 Å². The Bertz CT molecular complexity index is 536. The summed E-state index contributed by atoms with van der Waals surface area (Å²) in [7, 11) is 0. The van der Waals surface area contributed by atoms with E-state index in [9.17, 15) is 4.39 Å². The van der Waals surface area contributed by atoms with Gasteiger partial charge in [-0.1, -0.05) is 23.7 Å². The van der Waals surface area contributed by atoms with Gasteiger partial charge in [-0.15, -0.1) is 11.3 Å². The Morgan fingerprint density at radius 3 is 2.67 bits per heavy atom. The van der Waals surface area contributed by atoms with Crippen molar-refractivity contribution in [1.82, 2.24) is 0 Å². The molecule has 0 spiro atoms. The van der Waals surface area contributed by atoms with E-state index in [1.807, 2.05) is 25.1 Å². The molecule has 2 rings (SSSR count). The molecule has 0 aliphatic heterocycles. The van der Waals surface area contributed by atoms with E-state index in [2.05, 4.69) is 0 Å². The highest BCUT2D eigenvalue weighted by molar-refractivity contribution is 7.16. The molecule has 1 aromatic heterocycles. The third-order valence-corrected chi connectivity index (χ3v) is 3.94. The second kappa shape index (κ2) is 5.39. The first-order valence-corrected chi connectivity index (χ1v) is 6.92. The minimum absolute atomic E-state index is 0.220. The van der Waals surface area contributed by atoms with Gasteiger partial charge in [-0.2, -0.15) is 0 Å². The van der Waals surface area contributed by atoms with Crippen LogP contribution in [0.3, 0.4) is 0 Å². The van der Waals surface area contributed by atoms with Gasteiger partial charge in [0.05, 0.1) is 4.34 Å². The Morgan fingerprint density at radius 1 is 1.28 bits per heavy atom. The molecule has 1 atom stereocenters. The lowest BCUT2D eigenvalue weighted by molar-refractivity contribution is 0.465. The summed E-state index contributed by atoms with van der Waals surface area (Å²) in [6.07, 6.45) is 1.38. The zero-order valence-corrected chi connectivity index (χ0v) is 11.7. The van der Waals surface area contributed by atoms with Crippen LogP contribution in [0.5, 0.6) is 0 Å². The fourth-order valence-electron chi connectivity index (χ4n) is 2.02. The van der Waals surface area contributed by atoms with Crippen LogP contribution in [-0.4, -0.2) is 5.54 Å². The average Bonchev–Trinajstić information content (AvgIpc) is 2.62. The van der Waals surface area contributed by atoms with Crippen molar-refractivity contribution >= 4 is 22.9 Å². The second-order valence-corrected chi connectivity index (χ2v) is 6.64. The number of rotatable bonds is 4. The first-order valence-electron chi connectivity index (χ1n) is 5.72. The Hall–Kier alpha value is -0.900. The lowest BCUT2D eigenvalue weighted by Gasteiger charge is -2.24. The molecule has 2 N–H and O–H groups in total. The maximum Gasteiger partial charge on any atom is 0.123 e. The number of nitrogens with two attached hydrogens (primary N) is 1. The van der Waals surface area contributed by atoms with Crippen LogP contribution >= 0.6 is 22.9 Å². The number of hydrogen-bond acceptors (Lipinski definition) is 2. The summed E-state index contributed by atoms with van der Waals surface area (Å²) in [6, 6.07) is 10.4. The zero-order chi connectivity index (χ0) is 13.2. The maximum absolute atomic E-state index is 13.1. The average molecular weight is 284 g/mol. The highest BCUT2D eigenvalue weighted by Crippen LogP contribution is 2.25. The summed E-state index contributed by atoms with van der Waals surface area (Å²) in [5.41, 5.74) is 6.80. The lowest BCUT2D eigenvalue weighted by atomic mass is 9.90. The summed E-state index contributed by atoms with van der Waals surface area (Å²) < 4.78 is 13.9. The molecule has 96 valence electrons. The summed E-state index contributed by atoms with van der Waals surface area (Å²) in [6.45, 7) is 1.98. The van der Waals surface area contributed by atoms with Gasteiger partial charge in [0, 0.05) is 10.4 Å². The molecule has 18 heavy (non-hydrogen) atoms. The van der Waals surface area contributed by atoms with Gasteiger partial charge in [0.15, 0.2) is 0 Å². The minimum Gasteiger partial charge on any atom is -0.325 e. The molecule has 1 unspecified atom stereocenters. The Balaban J connectivity index is 2.07. The van der Waals surface area contributed by atoms with E-state index in [-0.39, 0.29) is 5.82 Å². The Kier molecular flexibility index (Phi) is 4.05. The van der Waals surface area contributed by atoms with Gasteiger partial charge in [0.2, 0.25) is 0 Å². The summed E-state index contributed by atoms with van der Waals surface area (Å²) in [5, 5.41) is 0. The zero-order valence-electron chi connectivity index (χ0n) is 10.1. The van der Waals surface area contributed by atoms with Gasteiger partial charge < -0.3 is 5.73 Å². The second-order valence-electron chi connectivity index (χ2n) is 4.84. The van der Waals surface area contributed by atoms with Crippen molar-refractivity contribution < 1.29 is 4.39 Å². The maximum atomic E-state index is 13.1. The Morgan fingerprint density at radius 2 is 2.06 bits per heavy atom. The lowest BCUT2D eigenvalue weighted by Crippen LogP contribution is -2.40. The number of hydrogen-bond donors (Lipinski definition) is 1. The van der Waals surface area contributed by atoms with Crippen molar-refractivity contribution in [2.45, 2.75) is 25.3 Å². The molecule has 4 heteroatoms. The summed E-state index contributed by atoms with van der Waals surface area (Å²) in [5.74, 6) is -0.220. The molecule has 0 bridgehead atoms. The molecule has 0 amide bonds. The molecule has 0 saturated carbocycles. The third-order valence-electron chi connectivity index (χ3n) is 2.70. The minimum atomic E-state index is -0.401. The van der Waals surface area contributed by atoms with Gasteiger partial charge in [0.25, 0.3) is 0 Å². The highest BCUT2D eigenvalue weighted by Gasteiger charge is 2.20. The summed E-state index contributed by atoms with van der Waals surface area (Å²) >= 11 is 7.44. The third kappa shape index (κ3) is 3.80. The predicted molar refractivity (Wildman–Crippen MR) is 75.7 cm³/mol. The molecule has 0 aliphatic rings. The topological polar surface area (TPSA) is 26.0 Å². The summed E-state index contributed by atoms with van der Waals surface area (Å²) in [4.78, 5) is 1.15. The van der Waals surface area contributed by atoms with Crippen molar-refractivity contribution in [2.75, 3.05) is 0 Å². The number of benzene rings is 1. The first kappa shape index (κ1) is 13.5. The molecular weight excluding hydrogens is 269 g/mol. The van der Waals surface area contributed by atoms with Crippen molar-refractivity contribution in [1.29, 1.82) is 0 Å². The van der Waals surface area contributed by atoms with Crippen LogP contribution in [-0.2, 0) is 12.8 Å². The molecule has 1 nitrogen and oxygen atoms in total. The molecule has 0 radical (unpaired) electrons. The van der Waals surface area contributed by atoms with E-state index in [0.717, 1.165) is 21.2 Å². The number of thiophene rings is 1. The van der Waals surface area contributed by atoms with E-state index in [1.165, 1.54) is 23.5 Å². The van der Waals surface area contributed by atoms with Crippen LogP contribution in [0, 0.1) is 5.82 Å². The first-order chi connectivity index (χ1) is 8.44. The molecular formula is C14H15ClFNS. The smallest absolute Gasteiger partial charge is 0.123 e. The fraction of sp³-hybridized carbons (Fsp3) is 0.286. The van der Waals surface area contributed by atoms with Crippen molar-refractivity contribution in [2.24, 2.45) is 5.73 Å². The van der Waals surface area contributed by atoms with E-state index < -0.39 is 5.54 Å². The highest BCUT2D eigenvalue weighted by atomic mass is 35.5. The van der Waals surface area contributed by atoms with E-state index in [4.69, 9.17) is 17.3 Å².